The predicted molar refractivity (Wildman–Crippen MR) is 133 cm³/mol. The van der Waals surface area contributed by atoms with Gasteiger partial charge in [0.2, 0.25) is 5.78 Å². The van der Waals surface area contributed by atoms with Crippen LogP contribution in [0, 0.1) is 28.6 Å². The molecule has 0 spiro atoms. The molecule has 4 aliphatic rings. The predicted octanol–water partition coefficient (Wildman–Crippen LogP) is 4.16. The molecule has 9 atom stereocenters. The number of ketones is 2. The molecule has 0 aromatic carbocycles. The molecule has 0 aromatic rings. The van der Waals surface area contributed by atoms with Crippen molar-refractivity contribution in [3.05, 3.63) is 23.8 Å². The fourth-order valence-corrected chi connectivity index (χ4v) is 8.22. The van der Waals surface area contributed by atoms with Gasteiger partial charge in [0.15, 0.2) is 23.7 Å². The van der Waals surface area contributed by atoms with E-state index in [1.807, 2.05) is 6.92 Å². The first-order valence-electron chi connectivity index (χ1n) is 13.5. The van der Waals surface area contributed by atoms with Crippen molar-refractivity contribution >= 4 is 23.5 Å². The van der Waals surface area contributed by atoms with Gasteiger partial charge in [-0.1, -0.05) is 33.3 Å². The van der Waals surface area contributed by atoms with E-state index in [9.17, 15) is 24.3 Å². The summed E-state index contributed by atoms with van der Waals surface area (Å²) in [6, 6.07) is 0. The van der Waals surface area contributed by atoms with E-state index in [1.165, 1.54) is 19.1 Å². The molecule has 4 aliphatic carbocycles. The molecule has 0 radical (unpaired) electrons. The molecule has 0 saturated heterocycles. The molecule has 9 heteroatoms. The zero-order valence-corrected chi connectivity index (χ0v) is 22.7. The summed E-state index contributed by atoms with van der Waals surface area (Å²) in [5.41, 5.74) is -6.90. The summed E-state index contributed by atoms with van der Waals surface area (Å²) in [6.07, 6.45) is 1.51. The van der Waals surface area contributed by atoms with Crippen LogP contribution >= 0.6 is 0 Å². The van der Waals surface area contributed by atoms with Gasteiger partial charge in [-0.05, 0) is 56.3 Å². The van der Waals surface area contributed by atoms with Crippen LogP contribution in [0.25, 0.3) is 0 Å². The first-order chi connectivity index (χ1) is 17.7. The van der Waals surface area contributed by atoms with E-state index in [0.717, 1.165) is 19.4 Å². The first kappa shape index (κ1) is 28.6. The second-order valence-electron chi connectivity index (χ2n) is 12.0. The van der Waals surface area contributed by atoms with E-state index in [0.29, 0.717) is 6.42 Å². The number of ether oxygens (including phenoxy) is 2. The molecule has 38 heavy (non-hydrogen) atoms. The highest BCUT2D eigenvalue weighted by Crippen LogP contribution is 2.71. The number of aliphatic hydroxyl groups excluding tert-OH is 1. The minimum atomic E-state index is -2.32. The lowest BCUT2D eigenvalue weighted by Crippen LogP contribution is -2.71. The number of rotatable bonds is 7. The number of fused-ring (bicyclic) bond motifs is 5. The Hall–Kier alpha value is -2.42. The lowest BCUT2D eigenvalue weighted by molar-refractivity contribution is -0.232. The second-order valence-corrected chi connectivity index (χ2v) is 12.0. The third kappa shape index (κ3) is 3.82. The molecule has 4 rings (SSSR count). The summed E-state index contributed by atoms with van der Waals surface area (Å²) < 4.78 is 44.2. The summed E-state index contributed by atoms with van der Waals surface area (Å²) in [4.78, 5) is 50.4. The van der Waals surface area contributed by atoms with Gasteiger partial charge < -0.3 is 14.6 Å². The van der Waals surface area contributed by atoms with Crippen molar-refractivity contribution in [1.82, 2.24) is 0 Å². The number of hydrogen-bond acceptors (Lipinski definition) is 7. The summed E-state index contributed by atoms with van der Waals surface area (Å²) in [5, 5.41) is 11.5. The van der Waals surface area contributed by atoms with Gasteiger partial charge in [-0.3, -0.25) is 19.2 Å². The second kappa shape index (κ2) is 9.65. The van der Waals surface area contributed by atoms with Crippen LogP contribution in [-0.4, -0.2) is 58.8 Å². The lowest BCUT2D eigenvalue weighted by atomic mass is 9.44. The SMILES string of the molecule is CCCCC(=O)O[C@]1(C(=O)COC(C)=O)[C@H](C)C[C@H]2[C@@H]3C[C@H](F)C4=CC(=O)C=C[C@]4(C)[C@@]3(F)[C@@H](O)C[C@@]21C. The van der Waals surface area contributed by atoms with Crippen molar-refractivity contribution in [3.8, 4) is 0 Å². The van der Waals surface area contributed by atoms with Crippen LogP contribution in [0.3, 0.4) is 0 Å². The van der Waals surface area contributed by atoms with Crippen LogP contribution < -0.4 is 0 Å². The first-order valence-corrected chi connectivity index (χ1v) is 13.5. The highest BCUT2D eigenvalue weighted by atomic mass is 19.1. The Bertz CT molecular complexity index is 1100. The highest BCUT2D eigenvalue weighted by Gasteiger charge is 2.78. The Morgan fingerprint density at radius 1 is 1.18 bits per heavy atom. The summed E-state index contributed by atoms with van der Waals surface area (Å²) in [6.45, 7) is 7.38. The number of halogens is 2. The number of carbonyl (C=O) groups is 4. The maximum Gasteiger partial charge on any atom is 0.306 e. The van der Waals surface area contributed by atoms with Gasteiger partial charge in [-0.25, -0.2) is 8.78 Å². The number of carbonyl (C=O) groups excluding carboxylic acids is 4. The quantitative estimate of drug-likeness (QED) is 0.487. The summed E-state index contributed by atoms with van der Waals surface area (Å²) >= 11 is 0. The Labute approximate surface area is 222 Å². The molecule has 0 heterocycles. The number of alkyl halides is 2. The van der Waals surface area contributed by atoms with Crippen LogP contribution in [0.2, 0.25) is 0 Å². The van der Waals surface area contributed by atoms with Crippen molar-refractivity contribution in [1.29, 1.82) is 0 Å². The molecule has 0 amide bonds. The van der Waals surface area contributed by atoms with E-state index in [4.69, 9.17) is 9.47 Å². The van der Waals surface area contributed by atoms with Crippen LogP contribution in [-0.2, 0) is 28.7 Å². The Kier molecular flexibility index (Phi) is 7.26. The zero-order chi connectivity index (χ0) is 28.3. The van der Waals surface area contributed by atoms with Gasteiger partial charge in [-0.15, -0.1) is 0 Å². The molecule has 7 nitrogen and oxygen atoms in total. The Morgan fingerprint density at radius 2 is 1.87 bits per heavy atom. The van der Waals surface area contributed by atoms with Gasteiger partial charge in [0, 0.05) is 36.0 Å². The normalized spacial score (nSPS) is 43.4. The number of esters is 2. The zero-order valence-electron chi connectivity index (χ0n) is 22.7. The van der Waals surface area contributed by atoms with Crippen molar-refractivity contribution in [2.24, 2.45) is 28.6 Å². The Morgan fingerprint density at radius 3 is 2.50 bits per heavy atom. The van der Waals surface area contributed by atoms with E-state index in [2.05, 4.69) is 0 Å². The van der Waals surface area contributed by atoms with Crippen LogP contribution in [0.15, 0.2) is 23.8 Å². The third-order valence-electron chi connectivity index (χ3n) is 10.00. The van der Waals surface area contributed by atoms with Gasteiger partial charge in [-0.2, -0.15) is 0 Å². The van der Waals surface area contributed by atoms with Crippen LogP contribution in [0.5, 0.6) is 0 Å². The largest absolute Gasteiger partial charge is 0.458 e. The topological polar surface area (TPSA) is 107 Å². The minimum absolute atomic E-state index is 0.0145. The number of hydrogen-bond donors (Lipinski definition) is 1. The molecule has 3 saturated carbocycles. The maximum atomic E-state index is 17.4. The van der Waals surface area contributed by atoms with Crippen LogP contribution in [0.4, 0.5) is 8.78 Å². The van der Waals surface area contributed by atoms with Crippen molar-refractivity contribution in [2.75, 3.05) is 6.61 Å². The van der Waals surface area contributed by atoms with Crippen molar-refractivity contribution in [2.45, 2.75) is 96.7 Å². The smallest absolute Gasteiger partial charge is 0.306 e. The minimum Gasteiger partial charge on any atom is -0.458 e. The molecule has 210 valence electrons. The molecule has 0 unspecified atom stereocenters. The number of Topliss-reactive ketones (excluding diaryl/α,β-unsaturated/α-hetero) is 1. The van der Waals surface area contributed by atoms with Crippen molar-refractivity contribution < 1.29 is 42.5 Å². The number of unbranched alkanes of at least 4 members (excludes halogenated alkanes) is 1. The van der Waals surface area contributed by atoms with E-state index in [-0.39, 0.29) is 31.3 Å². The average Bonchev–Trinajstić information content (AvgIpc) is 3.06. The number of allylic oxidation sites excluding steroid dienone is 4. The van der Waals surface area contributed by atoms with E-state index in [1.54, 1.807) is 13.8 Å². The van der Waals surface area contributed by atoms with Gasteiger partial charge in [0.25, 0.3) is 0 Å². The molecule has 0 bridgehead atoms. The summed E-state index contributed by atoms with van der Waals surface area (Å²) in [7, 11) is 0. The lowest BCUT2D eigenvalue weighted by Gasteiger charge is -2.63. The van der Waals surface area contributed by atoms with Gasteiger partial charge >= 0.3 is 11.9 Å². The molecule has 0 aliphatic heterocycles. The van der Waals surface area contributed by atoms with Crippen molar-refractivity contribution in [3.63, 3.8) is 0 Å². The standard InChI is InChI=1S/C29H38F2O7/c1-6-7-8-25(36)38-29(24(35)15-37-17(3)32)16(2)11-19-20-13-22(30)21-12-18(33)9-10-26(21,4)28(20,31)23(34)14-27(19,29)5/h9-10,12,16,19-20,22-23,34H,6-8,11,13-15H2,1-5H3/t16-,19+,20+,22+,23+,26+,27+,28+,29+/m1/s1. The third-order valence-corrected chi connectivity index (χ3v) is 10.00. The fourth-order valence-electron chi connectivity index (χ4n) is 8.22. The van der Waals surface area contributed by atoms with Gasteiger partial charge in [0.05, 0.1) is 6.10 Å². The Balaban J connectivity index is 1.82. The monoisotopic (exact) mass is 536 g/mol. The molecular formula is C29H38F2O7. The molecular weight excluding hydrogens is 498 g/mol. The molecule has 1 N–H and O–H groups in total. The highest BCUT2D eigenvalue weighted by molar-refractivity contribution is 6.01. The van der Waals surface area contributed by atoms with E-state index < -0.39 is 82.2 Å². The van der Waals surface area contributed by atoms with E-state index >= 15 is 8.78 Å². The molecule has 3 fully saturated rings. The van der Waals surface area contributed by atoms with Crippen LogP contribution in [0.1, 0.15) is 73.1 Å². The fraction of sp³-hybridized carbons (Fsp3) is 0.724. The average molecular weight is 537 g/mol. The summed E-state index contributed by atoms with van der Waals surface area (Å²) in [5.74, 6) is -4.59. The van der Waals surface area contributed by atoms with Gasteiger partial charge in [0.1, 0.15) is 6.17 Å². The maximum absolute atomic E-state index is 17.4. The molecule has 0 aromatic heterocycles. The number of aliphatic hydroxyl groups is 1.